The van der Waals surface area contributed by atoms with Gasteiger partial charge in [-0.3, -0.25) is 0 Å². The minimum atomic E-state index is -0.458. The minimum absolute atomic E-state index is 0.00632. The van der Waals surface area contributed by atoms with E-state index in [9.17, 15) is 0 Å². The predicted molar refractivity (Wildman–Crippen MR) is 382 cm³/mol. The molecule has 2 aliphatic rings. The molecule has 454 valence electrons. The van der Waals surface area contributed by atoms with Crippen LogP contribution in [0.3, 0.4) is 0 Å². The van der Waals surface area contributed by atoms with Gasteiger partial charge >= 0.3 is 0 Å². The molecule has 9 aromatic carbocycles. The Bertz CT molecular complexity index is 3650. The molecule has 88 heavy (non-hydrogen) atoms. The summed E-state index contributed by atoms with van der Waals surface area (Å²) < 4.78 is 0. The molecular formula is C84H98N4. The van der Waals surface area contributed by atoms with E-state index in [2.05, 4.69) is 366 Å². The molecule has 4 nitrogen and oxygen atoms in total. The van der Waals surface area contributed by atoms with Crippen molar-refractivity contribution in [3.63, 3.8) is 0 Å². The zero-order chi connectivity index (χ0) is 63.6. The fraction of sp³-hybridized carbons (Fsp3) is 0.357. The summed E-state index contributed by atoms with van der Waals surface area (Å²) in [5, 5.41) is 0. The highest BCUT2D eigenvalue weighted by Crippen LogP contribution is 2.63. The van der Waals surface area contributed by atoms with Gasteiger partial charge in [-0.1, -0.05) is 225 Å². The summed E-state index contributed by atoms with van der Waals surface area (Å²) in [5.41, 5.74) is 26.0. The van der Waals surface area contributed by atoms with E-state index in [-0.39, 0.29) is 32.5 Å². The summed E-state index contributed by atoms with van der Waals surface area (Å²) in [4.78, 5) is 10.1. The summed E-state index contributed by atoms with van der Waals surface area (Å²) in [6.45, 7) is 51.2. The van der Waals surface area contributed by atoms with E-state index >= 15 is 0 Å². The zero-order valence-electron chi connectivity index (χ0n) is 57.3. The molecule has 0 amide bonds. The van der Waals surface area contributed by atoms with E-state index in [4.69, 9.17) is 0 Å². The van der Waals surface area contributed by atoms with Gasteiger partial charge in [-0.15, -0.1) is 0 Å². The highest BCUT2D eigenvalue weighted by molar-refractivity contribution is 5.97. The van der Waals surface area contributed by atoms with Crippen molar-refractivity contribution in [2.45, 2.75) is 196 Å². The lowest BCUT2D eigenvalue weighted by Gasteiger charge is -2.50. The molecule has 2 heterocycles. The number of benzene rings is 9. The summed E-state index contributed by atoms with van der Waals surface area (Å²) >= 11 is 0. The Hall–Kier alpha value is -7.82. The molecule has 0 spiro atoms. The van der Waals surface area contributed by atoms with Crippen LogP contribution in [0.25, 0.3) is 0 Å². The van der Waals surface area contributed by atoms with E-state index in [1.54, 1.807) is 0 Å². The molecule has 0 aromatic heterocycles. The van der Waals surface area contributed by atoms with Gasteiger partial charge < -0.3 is 19.6 Å². The molecule has 0 unspecified atom stereocenters. The third kappa shape index (κ3) is 11.4. The first-order valence-corrected chi connectivity index (χ1v) is 32.2. The normalized spacial score (nSPS) is 14.6. The molecule has 0 atom stereocenters. The molecule has 0 fully saturated rings. The number of rotatable bonds is 9. The van der Waals surface area contributed by atoms with Crippen LogP contribution >= 0.6 is 0 Å². The van der Waals surface area contributed by atoms with Crippen molar-refractivity contribution in [1.82, 2.24) is 0 Å². The number of hydrogen-bond donors (Lipinski definition) is 0. The Balaban J connectivity index is 1.18. The second kappa shape index (κ2) is 21.5. The van der Waals surface area contributed by atoms with Gasteiger partial charge in [-0.2, -0.15) is 0 Å². The van der Waals surface area contributed by atoms with Crippen molar-refractivity contribution in [1.29, 1.82) is 0 Å². The third-order valence-electron chi connectivity index (χ3n) is 19.2. The Morgan fingerprint density at radius 2 is 0.409 bits per heavy atom. The number of hydrogen-bond acceptors (Lipinski definition) is 4. The fourth-order valence-electron chi connectivity index (χ4n) is 13.3. The van der Waals surface area contributed by atoms with Crippen molar-refractivity contribution in [2.24, 2.45) is 0 Å². The Morgan fingerprint density at radius 3 is 0.614 bits per heavy atom. The highest BCUT2D eigenvalue weighted by atomic mass is 15.2. The average Bonchev–Trinajstić information content (AvgIpc) is 0.688. The second-order valence-electron chi connectivity index (χ2n) is 32.7. The van der Waals surface area contributed by atoms with E-state index in [0.717, 1.165) is 51.2 Å². The van der Waals surface area contributed by atoms with Gasteiger partial charge in [0.1, 0.15) is 0 Å². The molecule has 0 saturated carbocycles. The largest absolute Gasteiger partial charge is 0.310 e. The minimum Gasteiger partial charge on any atom is -0.310 e. The molecule has 0 radical (unpaired) electrons. The molecule has 11 rings (SSSR count). The van der Waals surface area contributed by atoms with E-state index in [1.807, 2.05) is 0 Å². The van der Waals surface area contributed by atoms with Crippen LogP contribution in [0.5, 0.6) is 0 Å². The van der Waals surface area contributed by atoms with Gasteiger partial charge in [0.05, 0.1) is 17.1 Å². The molecule has 9 aromatic rings. The standard InChI is InChI=1S/C84H98N4/c1-77(2,3)55-23-35-61(36-24-55)85(62-37-25-56(26-38-62)78(4,5)6)67-47-49-74-70(51-67)83(19,20)72-53-69(87(65-43-31-59(32-44-65)81(13,14)15)66-45-33-60(34-46-66)82(16,17)18)54-73-76(72)88(74)75-50-48-68(52-71(75)84(73,21)22)86(63-39-27-57(28-40-63)79(7,8)9)64-41-29-58(30-42-64)80(10,11)12/h23-54H,1-22H3. The first kappa shape index (κ1) is 61.8. The van der Waals surface area contributed by atoms with Crippen LogP contribution in [0.1, 0.15) is 208 Å². The van der Waals surface area contributed by atoms with Crippen LogP contribution in [0.4, 0.5) is 68.2 Å². The third-order valence-corrected chi connectivity index (χ3v) is 19.2. The van der Waals surface area contributed by atoms with Crippen LogP contribution in [0.2, 0.25) is 0 Å². The maximum absolute atomic E-state index is 2.63. The summed E-state index contributed by atoms with van der Waals surface area (Å²) in [7, 11) is 0. The van der Waals surface area contributed by atoms with Crippen LogP contribution in [0, 0.1) is 0 Å². The molecule has 0 bridgehead atoms. The lowest BCUT2D eigenvalue weighted by Crippen LogP contribution is -2.38. The molecule has 0 N–H and O–H groups in total. The van der Waals surface area contributed by atoms with Gasteiger partial charge in [0.25, 0.3) is 0 Å². The van der Waals surface area contributed by atoms with Gasteiger partial charge in [-0.25, -0.2) is 0 Å². The fourth-order valence-corrected chi connectivity index (χ4v) is 13.3. The molecule has 4 heteroatoms. The van der Waals surface area contributed by atoms with Crippen molar-refractivity contribution in [3.8, 4) is 0 Å². The maximum atomic E-state index is 2.63. The smallest absolute Gasteiger partial charge is 0.0545 e. The lowest BCUT2D eigenvalue weighted by atomic mass is 9.66. The summed E-state index contributed by atoms with van der Waals surface area (Å²) in [6.07, 6.45) is 0. The topological polar surface area (TPSA) is 13.0 Å². The van der Waals surface area contributed by atoms with Crippen LogP contribution in [-0.4, -0.2) is 0 Å². The molecule has 2 aliphatic heterocycles. The SMILES string of the molecule is CC(C)(C)c1ccc(N(c2ccc(C(C)(C)C)cc2)c2ccc3c(c2)C(C)(C)c2cc(N(c4ccc(C(C)(C)C)cc4)c4ccc(C(C)(C)C)cc4)cc4c2N3c2ccc(N(c3ccc(C(C)(C)C)cc3)c3ccc(C(C)(C)C)cc3)cc2C4(C)C)cc1. The quantitative estimate of drug-likeness (QED) is 0.143. The molecule has 0 saturated heterocycles. The van der Waals surface area contributed by atoms with Crippen LogP contribution in [-0.2, 0) is 43.3 Å². The van der Waals surface area contributed by atoms with Gasteiger partial charge in [-0.05, 0) is 209 Å². The second-order valence-corrected chi connectivity index (χ2v) is 32.7. The van der Waals surface area contributed by atoms with E-state index < -0.39 is 10.8 Å². The van der Waals surface area contributed by atoms with E-state index in [1.165, 1.54) is 72.7 Å². The Kier molecular flexibility index (Phi) is 15.1. The monoisotopic (exact) mass is 1160 g/mol. The van der Waals surface area contributed by atoms with Gasteiger partial charge in [0.15, 0.2) is 0 Å². The van der Waals surface area contributed by atoms with Crippen molar-refractivity contribution < 1.29 is 0 Å². The zero-order valence-corrected chi connectivity index (χ0v) is 57.3. The van der Waals surface area contributed by atoms with Crippen molar-refractivity contribution >= 4 is 68.2 Å². The first-order chi connectivity index (χ1) is 40.9. The van der Waals surface area contributed by atoms with Crippen molar-refractivity contribution in [3.05, 3.63) is 250 Å². The summed E-state index contributed by atoms with van der Waals surface area (Å²) in [5.74, 6) is 0. The Morgan fingerprint density at radius 1 is 0.227 bits per heavy atom. The van der Waals surface area contributed by atoms with Crippen molar-refractivity contribution in [2.75, 3.05) is 19.6 Å². The molecular weight excluding hydrogens is 1060 g/mol. The van der Waals surface area contributed by atoms with Gasteiger partial charge in [0.2, 0.25) is 0 Å². The van der Waals surface area contributed by atoms with Crippen LogP contribution < -0.4 is 19.6 Å². The molecule has 0 aliphatic carbocycles. The Labute approximate surface area is 530 Å². The number of nitrogens with zero attached hydrogens (tertiary/aromatic N) is 4. The number of fused-ring (bicyclic) bond motifs is 4. The average molecular weight is 1160 g/mol. The summed E-state index contributed by atoms with van der Waals surface area (Å²) in [6, 6.07) is 75.4. The van der Waals surface area contributed by atoms with E-state index in [0.29, 0.717) is 0 Å². The lowest BCUT2D eigenvalue weighted by molar-refractivity contribution is 0.590. The van der Waals surface area contributed by atoms with Gasteiger partial charge in [0, 0.05) is 62.0 Å². The first-order valence-electron chi connectivity index (χ1n) is 32.2. The van der Waals surface area contributed by atoms with Crippen LogP contribution in [0.15, 0.2) is 194 Å². The predicted octanol–water partition coefficient (Wildman–Crippen LogP) is 24.6. The number of anilines is 12. The maximum Gasteiger partial charge on any atom is 0.0545 e. The highest BCUT2D eigenvalue weighted by Gasteiger charge is 2.47.